The molecule has 1 aliphatic heterocycles. The van der Waals surface area contributed by atoms with Gasteiger partial charge in [-0.15, -0.1) is 0 Å². The average molecular weight is 474 g/mol. The Hall–Kier alpha value is -1.98. The topological polar surface area (TPSA) is 71.9 Å². The van der Waals surface area contributed by atoms with Crippen molar-refractivity contribution in [3.05, 3.63) is 47.0 Å². The van der Waals surface area contributed by atoms with E-state index in [0.29, 0.717) is 52.0 Å². The molecule has 0 unspecified atom stereocenters. The molecule has 0 aliphatic carbocycles. The number of fused-ring (bicyclic) bond motifs is 1. The molecule has 12 heteroatoms. The minimum absolute atomic E-state index is 0.0277. The molecule has 0 N–H and O–H groups in total. The van der Waals surface area contributed by atoms with Gasteiger partial charge in [-0.05, 0) is 23.2 Å². The van der Waals surface area contributed by atoms with Crippen LogP contribution in [0, 0.1) is 0 Å². The number of hydrogen-bond donors (Lipinski definition) is 0. The van der Waals surface area contributed by atoms with Crippen LogP contribution in [0.4, 0.5) is 19.0 Å². The summed E-state index contributed by atoms with van der Waals surface area (Å²) < 4.78 is 50.5. The van der Waals surface area contributed by atoms with Gasteiger partial charge in [-0.3, -0.25) is 4.21 Å². The van der Waals surface area contributed by atoms with Gasteiger partial charge in [-0.2, -0.15) is 18.2 Å². The molecule has 0 atom stereocenters. The fourth-order valence-electron chi connectivity index (χ4n) is 3.05. The number of halogens is 4. The maximum Gasteiger partial charge on any atom is 0.416 e. The summed E-state index contributed by atoms with van der Waals surface area (Å²) in [5, 5.41) is 0.531. The molecular weight excluding hydrogens is 459 g/mol. The first-order valence-corrected chi connectivity index (χ1v) is 11.7. The normalized spacial score (nSPS) is 15.7. The van der Waals surface area contributed by atoms with Crippen LogP contribution in [0.5, 0.6) is 0 Å². The fourth-order valence-corrected chi connectivity index (χ4v) is 5.15. The van der Waals surface area contributed by atoms with E-state index in [4.69, 9.17) is 11.6 Å². The largest absolute Gasteiger partial charge is 0.416 e. The van der Waals surface area contributed by atoms with Crippen LogP contribution in [0.25, 0.3) is 11.0 Å². The van der Waals surface area contributed by atoms with Gasteiger partial charge in [0, 0.05) is 41.1 Å². The van der Waals surface area contributed by atoms with Gasteiger partial charge in [0.25, 0.3) is 0 Å². The van der Waals surface area contributed by atoms with Crippen molar-refractivity contribution in [2.75, 3.05) is 29.5 Å². The zero-order valence-corrected chi connectivity index (χ0v) is 17.8. The molecule has 1 aromatic carbocycles. The van der Waals surface area contributed by atoms with Crippen LogP contribution >= 0.6 is 23.4 Å². The first kappa shape index (κ1) is 21.3. The highest BCUT2D eigenvalue weighted by atomic mass is 35.5. The number of aromatic nitrogens is 4. The number of nitrogens with zero attached hydrogens (tertiary/aromatic N) is 5. The Bertz CT molecular complexity index is 1100. The Balaban J connectivity index is 1.63. The molecule has 0 spiro atoms. The Morgan fingerprint density at radius 1 is 1.13 bits per heavy atom. The molecule has 1 saturated heterocycles. The third-order valence-corrected chi connectivity index (χ3v) is 7.00. The predicted molar refractivity (Wildman–Crippen MR) is 111 cm³/mol. The summed E-state index contributed by atoms with van der Waals surface area (Å²) >= 11 is 7.39. The van der Waals surface area contributed by atoms with Crippen molar-refractivity contribution >= 4 is 51.0 Å². The summed E-state index contributed by atoms with van der Waals surface area (Å²) in [7, 11) is -0.846. The molecule has 3 heterocycles. The summed E-state index contributed by atoms with van der Waals surface area (Å²) in [6, 6.07) is 5.18. The Morgan fingerprint density at radius 2 is 1.90 bits per heavy atom. The molecule has 0 saturated carbocycles. The van der Waals surface area contributed by atoms with Gasteiger partial charge in [-0.1, -0.05) is 30.0 Å². The van der Waals surface area contributed by atoms with Gasteiger partial charge in [0.2, 0.25) is 5.28 Å². The minimum atomic E-state index is -4.39. The van der Waals surface area contributed by atoms with Gasteiger partial charge in [-0.25, -0.2) is 15.0 Å². The van der Waals surface area contributed by atoms with Gasteiger partial charge < -0.3 is 4.90 Å². The maximum absolute atomic E-state index is 12.9. The fraction of sp³-hybridized carbons (Fsp3) is 0.333. The third kappa shape index (κ3) is 4.68. The predicted octanol–water partition coefficient (Wildman–Crippen LogP) is 3.95. The lowest BCUT2D eigenvalue weighted by atomic mass is 10.1. The molecule has 0 bridgehead atoms. The molecule has 30 heavy (non-hydrogen) atoms. The van der Waals surface area contributed by atoms with Crippen molar-refractivity contribution in [1.29, 1.82) is 0 Å². The smallest absolute Gasteiger partial charge is 0.353 e. The lowest BCUT2D eigenvalue weighted by Gasteiger charge is -2.27. The molecule has 4 rings (SSSR count). The zero-order chi connectivity index (χ0) is 21.3. The van der Waals surface area contributed by atoms with Gasteiger partial charge in [0.05, 0.1) is 5.56 Å². The first-order valence-electron chi connectivity index (χ1n) is 8.88. The number of anilines is 1. The molecule has 0 amide bonds. The van der Waals surface area contributed by atoms with E-state index in [9.17, 15) is 17.4 Å². The van der Waals surface area contributed by atoms with Gasteiger partial charge in [0.15, 0.2) is 5.82 Å². The Labute approximate surface area is 181 Å². The summed E-state index contributed by atoms with van der Waals surface area (Å²) in [6.45, 7) is 1.12. The van der Waals surface area contributed by atoms with Crippen LogP contribution in [0.1, 0.15) is 11.1 Å². The first-order chi connectivity index (χ1) is 14.3. The highest BCUT2D eigenvalue weighted by molar-refractivity contribution is 7.98. The van der Waals surface area contributed by atoms with Crippen LogP contribution in [0.15, 0.2) is 35.6 Å². The van der Waals surface area contributed by atoms with E-state index >= 15 is 0 Å². The molecule has 2 aromatic heterocycles. The Kier molecular flexibility index (Phi) is 6.12. The van der Waals surface area contributed by atoms with E-state index in [2.05, 4.69) is 19.9 Å². The van der Waals surface area contributed by atoms with Gasteiger partial charge in [0.1, 0.15) is 22.4 Å². The number of benzene rings is 1. The van der Waals surface area contributed by atoms with Crippen molar-refractivity contribution in [3.63, 3.8) is 0 Å². The lowest BCUT2D eigenvalue weighted by molar-refractivity contribution is -0.137. The van der Waals surface area contributed by atoms with Crippen LogP contribution in [-0.2, 0) is 22.7 Å². The molecule has 158 valence electrons. The van der Waals surface area contributed by atoms with Gasteiger partial charge >= 0.3 is 6.18 Å². The quantitative estimate of drug-likeness (QED) is 0.323. The summed E-state index contributed by atoms with van der Waals surface area (Å²) in [4.78, 5) is 19.1. The second-order valence-corrected chi connectivity index (χ2v) is 9.51. The molecule has 3 aromatic rings. The molecule has 1 fully saturated rings. The monoisotopic (exact) mass is 473 g/mol. The number of hydrogen-bond acceptors (Lipinski definition) is 7. The van der Waals surface area contributed by atoms with Crippen LogP contribution in [0.3, 0.4) is 0 Å². The summed E-state index contributed by atoms with van der Waals surface area (Å²) in [6.07, 6.45) is -3.02. The van der Waals surface area contributed by atoms with Crippen molar-refractivity contribution in [2.24, 2.45) is 0 Å². The number of rotatable bonds is 4. The van der Waals surface area contributed by atoms with Crippen molar-refractivity contribution in [1.82, 2.24) is 19.9 Å². The molecule has 6 nitrogen and oxygen atoms in total. The molecule has 0 radical (unpaired) electrons. The number of thioether (sulfide) groups is 1. The van der Waals surface area contributed by atoms with E-state index in [1.165, 1.54) is 24.2 Å². The van der Waals surface area contributed by atoms with Crippen molar-refractivity contribution < 1.29 is 17.4 Å². The van der Waals surface area contributed by atoms with Crippen LogP contribution in [-0.4, -0.2) is 48.7 Å². The SMILES string of the molecule is O=S1CCN(c2nc(Cl)nc3c(SCc4cccc(C(F)(F)F)c4)ncnc23)CC1. The maximum atomic E-state index is 12.9. The van der Waals surface area contributed by atoms with E-state index in [-0.39, 0.29) is 11.0 Å². The highest BCUT2D eigenvalue weighted by Gasteiger charge is 2.30. The Morgan fingerprint density at radius 3 is 2.63 bits per heavy atom. The third-order valence-electron chi connectivity index (χ3n) is 4.51. The zero-order valence-electron chi connectivity index (χ0n) is 15.4. The lowest BCUT2D eigenvalue weighted by Crippen LogP contribution is -2.38. The molecule has 1 aliphatic rings. The van der Waals surface area contributed by atoms with Crippen molar-refractivity contribution in [3.8, 4) is 0 Å². The summed E-state index contributed by atoms with van der Waals surface area (Å²) in [5.41, 5.74) is 0.772. The summed E-state index contributed by atoms with van der Waals surface area (Å²) in [5.74, 6) is 1.89. The van der Waals surface area contributed by atoms with Crippen LogP contribution in [0.2, 0.25) is 5.28 Å². The standard InChI is InChI=1S/C18H15ClF3N5OS2/c19-17-25-14-13(15(26-17)27-4-6-30(28)7-5-27)23-10-24-16(14)29-9-11-2-1-3-12(8-11)18(20,21)22/h1-3,8,10H,4-7,9H2. The van der Waals surface area contributed by atoms with E-state index in [1.807, 2.05) is 4.90 Å². The molecular formula is C18H15ClF3N5OS2. The van der Waals surface area contributed by atoms with Crippen LogP contribution < -0.4 is 4.90 Å². The average Bonchev–Trinajstić information content (AvgIpc) is 2.72. The number of alkyl halides is 3. The second kappa shape index (κ2) is 8.64. The van der Waals surface area contributed by atoms with E-state index in [0.717, 1.165) is 12.1 Å². The van der Waals surface area contributed by atoms with E-state index in [1.54, 1.807) is 6.07 Å². The second-order valence-electron chi connectivity index (χ2n) is 6.51. The van der Waals surface area contributed by atoms with Crippen molar-refractivity contribution in [2.45, 2.75) is 17.0 Å². The minimum Gasteiger partial charge on any atom is -0.353 e. The van der Waals surface area contributed by atoms with E-state index < -0.39 is 22.5 Å². The highest BCUT2D eigenvalue weighted by Crippen LogP contribution is 2.33.